The number of esters is 1. The summed E-state index contributed by atoms with van der Waals surface area (Å²) < 4.78 is 9.58. The summed E-state index contributed by atoms with van der Waals surface area (Å²) in [5.74, 6) is -0.717. The van der Waals surface area contributed by atoms with Crippen molar-refractivity contribution in [3.63, 3.8) is 0 Å². The van der Waals surface area contributed by atoms with Gasteiger partial charge in [0.15, 0.2) is 12.4 Å². The van der Waals surface area contributed by atoms with Gasteiger partial charge in [-0.1, -0.05) is 6.07 Å². The molecule has 6 heteroatoms. The number of ether oxygens (including phenoxy) is 2. The van der Waals surface area contributed by atoms with Crippen molar-refractivity contribution in [2.45, 2.75) is 6.42 Å². The quantitative estimate of drug-likeness (QED) is 0.646. The fraction of sp³-hybridized carbons (Fsp3) is 0.188. The molecule has 0 aliphatic heterocycles. The lowest BCUT2D eigenvalue weighted by molar-refractivity contribution is -0.142. The Morgan fingerprint density at radius 3 is 2.68 bits per heavy atom. The molecule has 0 fully saturated rings. The number of nitrogens with zero attached hydrogens (tertiary/aromatic N) is 1. The minimum Gasteiger partial charge on any atom is -0.507 e. The van der Waals surface area contributed by atoms with E-state index >= 15 is 0 Å². The Kier molecular flexibility index (Phi) is 5.08. The number of Topliss-reactive ketones (excluding diaryl/α,β-unsaturated/α-hetero) is 1. The van der Waals surface area contributed by atoms with E-state index in [0.717, 1.165) is 0 Å². The van der Waals surface area contributed by atoms with Crippen LogP contribution in [0.2, 0.25) is 0 Å². The molecule has 0 radical (unpaired) electrons. The van der Waals surface area contributed by atoms with E-state index in [9.17, 15) is 14.7 Å². The molecule has 1 N–H and O–H groups in total. The summed E-state index contributed by atoms with van der Waals surface area (Å²) in [7, 11) is 1.25. The first kappa shape index (κ1) is 15.5. The highest BCUT2D eigenvalue weighted by molar-refractivity contribution is 5.99. The Hall–Kier alpha value is -2.89. The summed E-state index contributed by atoms with van der Waals surface area (Å²) in [6.07, 6.45) is 1.70. The summed E-state index contributed by atoms with van der Waals surface area (Å²) >= 11 is 0. The summed E-state index contributed by atoms with van der Waals surface area (Å²) in [6.45, 7) is -0.267. The molecule has 0 amide bonds. The number of hydrogen-bond donors (Lipinski definition) is 1. The Morgan fingerprint density at radius 2 is 2.05 bits per heavy atom. The largest absolute Gasteiger partial charge is 0.507 e. The highest BCUT2D eigenvalue weighted by atomic mass is 16.6. The maximum atomic E-state index is 12.1. The number of hydrogen-bond acceptors (Lipinski definition) is 6. The van der Waals surface area contributed by atoms with Gasteiger partial charge < -0.3 is 14.6 Å². The number of benzene rings is 1. The number of ketones is 1. The fourth-order valence-electron chi connectivity index (χ4n) is 1.80. The monoisotopic (exact) mass is 301 g/mol. The van der Waals surface area contributed by atoms with Crippen LogP contribution in [0.25, 0.3) is 0 Å². The Morgan fingerprint density at radius 1 is 1.23 bits per heavy atom. The lowest BCUT2D eigenvalue weighted by Gasteiger charge is -2.08. The van der Waals surface area contributed by atoms with Crippen molar-refractivity contribution in [1.29, 1.82) is 0 Å². The number of phenolic OH excluding ortho intramolecular Hbond substituents is 1. The smallest absolute Gasteiger partial charge is 0.343 e. The number of methoxy groups -OCH3 is 1. The lowest BCUT2D eigenvalue weighted by atomic mass is 10.0. The summed E-state index contributed by atoms with van der Waals surface area (Å²) in [6, 6.07) is 9.54. The van der Waals surface area contributed by atoms with Gasteiger partial charge in [-0.2, -0.15) is 0 Å². The van der Waals surface area contributed by atoms with Crippen molar-refractivity contribution in [3.05, 3.63) is 53.9 Å². The highest BCUT2D eigenvalue weighted by Gasteiger charge is 2.14. The van der Waals surface area contributed by atoms with E-state index in [-0.39, 0.29) is 35.9 Å². The van der Waals surface area contributed by atoms with Crippen LogP contribution in [-0.4, -0.2) is 35.6 Å². The summed E-state index contributed by atoms with van der Waals surface area (Å²) in [5, 5.41) is 9.92. The van der Waals surface area contributed by atoms with Crippen molar-refractivity contribution in [2.75, 3.05) is 13.7 Å². The zero-order valence-electron chi connectivity index (χ0n) is 12.0. The average Bonchev–Trinajstić information content (AvgIpc) is 2.53. The third kappa shape index (κ3) is 4.05. The van der Waals surface area contributed by atoms with Gasteiger partial charge in [0.05, 0.1) is 19.1 Å². The zero-order valence-corrected chi connectivity index (χ0v) is 12.0. The Labute approximate surface area is 127 Å². The van der Waals surface area contributed by atoms with Crippen molar-refractivity contribution in [1.82, 2.24) is 4.98 Å². The molecular weight excluding hydrogens is 286 g/mol. The molecule has 22 heavy (non-hydrogen) atoms. The SMILES string of the molecule is COC(=O)COc1ccc(C(=O)Cc2ccccn2)c(O)c1. The van der Waals surface area contributed by atoms with Gasteiger partial charge in [-0.05, 0) is 24.3 Å². The molecule has 1 aromatic heterocycles. The Bertz CT molecular complexity index is 669. The van der Waals surface area contributed by atoms with Gasteiger partial charge in [-0.3, -0.25) is 9.78 Å². The average molecular weight is 301 g/mol. The molecule has 6 nitrogen and oxygen atoms in total. The maximum absolute atomic E-state index is 12.1. The molecule has 0 spiro atoms. The lowest BCUT2D eigenvalue weighted by Crippen LogP contribution is -2.12. The van der Waals surface area contributed by atoms with Crippen molar-refractivity contribution < 1.29 is 24.2 Å². The maximum Gasteiger partial charge on any atom is 0.343 e. The van der Waals surface area contributed by atoms with E-state index in [1.807, 2.05) is 0 Å². The van der Waals surface area contributed by atoms with E-state index in [1.54, 1.807) is 24.4 Å². The second-order valence-corrected chi connectivity index (χ2v) is 4.46. The van der Waals surface area contributed by atoms with Gasteiger partial charge in [0.2, 0.25) is 0 Å². The second-order valence-electron chi connectivity index (χ2n) is 4.46. The number of carbonyl (C=O) groups is 2. The van der Waals surface area contributed by atoms with Crippen LogP contribution in [0.4, 0.5) is 0 Å². The number of aromatic hydroxyl groups is 1. The first-order valence-electron chi connectivity index (χ1n) is 6.56. The fourth-order valence-corrected chi connectivity index (χ4v) is 1.80. The van der Waals surface area contributed by atoms with Gasteiger partial charge in [-0.25, -0.2) is 4.79 Å². The predicted octanol–water partition coefficient (Wildman–Crippen LogP) is 1.76. The number of aromatic nitrogens is 1. The van der Waals surface area contributed by atoms with Crippen LogP contribution >= 0.6 is 0 Å². The third-order valence-electron chi connectivity index (χ3n) is 2.92. The minimum absolute atomic E-state index is 0.0940. The van der Waals surface area contributed by atoms with Gasteiger partial charge in [0.1, 0.15) is 11.5 Å². The van der Waals surface area contributed by atoms with Crippen LogP contribution in [0.3, 0.4) is 0 Å². The van der Waals surface area contributed by atoms with Gasteiger partial charge in [0.25, 0.3) is 0 Å². The first-order valence-corrected chi connectivity index (χ1v) is 6.56. The van der Waals surface area contributed by atoms with Crippen molar-refractivity contribution in [3.8, 4) is 11.5 Å². The third-order valence-corrected chi connectivity index (χ3v) is 2.92. The summed E-state index contributed by atoms with van der Waals surface area (Å²) in [5.41, 5.74) is 0.800. The van der Waals surface area contributed by atoms with Gasteiger partial charge in [0, 0.05) is 18.0 Å². The molecule has 0 aliphatic rings. The number of phenols is 1. The van der Waals surface area contributed by atoms with E-state index in [4.69, 9.17) is 4.74 Å². The van der Waals surface area contributed by atoms with Crippen molar-refractivity contribution >= 4 is 11.8 Å². The molecule has 2 aromatic rings. The van der Waals surface area contributed by atoms with Crippen LogP contribution < -0.4 is 4.74 Å². The molecular formula is C16H15NO5. The molecule has 0 bridgehead atoms. The van der Waals surface area contributed by atoms with Crippen LogP contribution in [-0.2, 0) is 16.0 Å². The van der Waals surface area contributed by atoms with E-state index in [0.29, 0.717) is 5.69 Å². The van der Waals surface area contributed by atoms with Gasteiger partial charge in [-0.15, -0.1) is 0 Å². The number of pyridine rings is 1. The van der Waals surface area contributed by atoms with Crippen molar-refractivity contribution in [2.24, 2.45) is 0 Å². The molecule has 2 rings (SSSR count). The normalized spacial score (nSPS) is 10.0. The molecule has 0 saturated heterocycles. The zero-order chi connectivity index (χ0) is 15.9. The molecule has 0 atom stereocenters. The van der Waals surface area contributed by atoms with E-state index in [1.165, 1.54) is 25.3 Å². The molecule has 1 heterocycles. The Balaban J connectivity index is 2.06. The minimum atomic E-state index is -0.533. The standard InChI is InChI=1S/C16H15NO5/c1-21-16(20)10-22-12-5-6-13(15(19)9-12)14(18)8-11-4-2-3-7-17-11/h2-7,9,19H,8,10H2,1H3. The van der Waals surface area contributed by atoms with Crippen LogP contribution in [0, 0.1) is 0 Å². The molecule has 0 unspecified atom stereocenters. The highest BCUT2D eigenvalue weighted by Crippen LogP contribution is 2.24. The van der Waals surface area contributed by atoms with Crippen LogP contribution in [0.5, 0.6) is 11.5 Å². The van der Waals surface area contributed by atoms with E-state index in [2.05, 4.69) is 9.72 Å². The predicted molar refractivity (Wildman–Crippen MR) is 77.9 cm³/mol. The van der Waals surface area contributed by atoms with E-state index < -0.39 is 5.97 Å². The number of rotatable bonds is 6. The molecule has 114 valence electrons. The topological polar surface area (TPSA) is 85.7 Å². The van der Waals surface area contributed by atoms with Crippen LogP contribution in [0.1, 0.15) is 16.1 Å². The second kappa shape index (κ2) is 7.21. The van der Waals surface area contributed by atoms with Gasteiger partial charge >= 0.3 is 5.97 Å². The molecule has 1 aromatic carbocycles. The molecule has 0 saturated carbocycles. The first-order chi connectivity index (χ1) is 10.6. The summed E-state index contributed by atoms with van der Waals surface area (Å²) in [4.78, 5) is 27.2. The number of carbonyl (C=O) groups excluding carboxylic acids is 2. The molecule has 0 aliphatic carbocycles. The van der Waals surface area contributed by atoms with Crippen LogP contribution in [0.15, 0.2) is 42.6 Å².